The number of furan rings is 1. The Bertz CT molecular complexity index is 3120. The lowest BCUT2D eigenvalue weighted by atomic mass is 9.66. The molecule has 0 saturated carbocycles. The largest absolute Gasteiger partial charge is 0.452 e. The van der Waals surface area contributed by atoms with Gasteiger partial charge in [-0.2, -0.15) is 0 Å². The van der Waals surface area contributed by atoms with Crippen LogP contribution in [-0.4, -0.2) is 9.97 Å². The molecule has 3 heteroatoms. The smallest absolute Gasteiger partial charge is 0.180 e. The minimum atomic E-state index is -0.531. The van der Waals surface area contributed by atoms with Gasteiger partial charge >= 0.3 is 0 Å². The lowest BCUT2D eigenvalue weighted by Gasteiger charge is -2.35. The monoisotopic (exact) mass is 686 g/mol. The molecule has 0 amide bonds. The fourth-order valence-corrected chi connectivity index (χ4v) is 9.53. The highest BCUT2D eigenvalue weighted by molar-refractivity contribution is 6.10. The van der Waals surface area contributed by atoms with Gasteiger partial charge in [0.05, 0.1) is 5.41 Å². The number of para-hydroxylation sites is 1. The van der Waals surface area contributed by atoms with Crippen LogP contribution in [0.15, 0.2) is 186 Å². The van der Waals surface area contributed by atoms with Gasteiger partial charge in [0, 0.05) is 16.5 Å². The van der Waals surface area contributed by atoms with Gasteiger partial charge in [-0.25, -0.2) is 9.97 Å². The summed E-state index contributed by atoms with van der Waals surface area (Å²) in [6.45, 7) is 0. The van der Waals surface area contributed by atoms with Crippen LogP contribution >= 0.6 is 0 Å². The van der Waals surface area contributed by atoms with E-state index in [-0.39, 0.29) is 0 Å². The van der Waals surface area contributed by atoms with Crippen LogP contribution in [-0.2, 0) is 5.41 Å². The molecule has 1 spiro atoms. The standard InChI is InChI=1S/C51H30N2O/c1-2-16-33-31(14-1)15-13-23-39(33)47-49-48(40-22-8-12-27-46(40)54-49)53-50(52-47)32-28-29-45-41(30-32)38-21-7-11-26-44(38)51(45)42-24-9-5-19-36(42)34-17-3-4-18-35(34)37-20-6-10-25-43(37)51/h1-30H. The fraction of sp³-hybridized carbons (Fsp3) is 0.0196. The van der Waals surface area contributed by atoms with Gasteiger partial charge in [0.1, 0.15) is 16.8 Å². The van der Waals surface area contributed by atoms with Gasteiger partial charge < -0.3 is 4.42 Å². The summed E-state index contributed by atoms with van der Waals surface area (Å²) in [5.41, 5.74) is 17.2. The lowest BCUT2D eigenvalue weighted by Crippen LogP contribution is -2.29. The average molecular weight is 687 g/mol. The first-order chi connectivity index (χ1) is 26.8. The van der Waals surface area contributed by atoms with Crippen LogP contribution < -0.4 is 0 Å². The normalized spacial score (nSPS) is 13.3. The van der Waals surface area contributed by atoms with Gasteiger partial charge in [-0.15, -0.1) is 0 Å². The van der Waals surface area contributed by atoms with Crippen LogP contribution in [0.5, 0.6) is 0 Å². The van der Waals surface area contributed by atoms with Crippen molar-refractivity contribution in [1.29, 1.82) is 0 Å². The molecular weight excluding hydrogens is 657 g/mol. The molecule has 54 heavy (non-hydrogen) atoms. The summed E-state index contributed by atoms with van der Waals surface area (Å²) >= 11 is 0. The van der Waals surface area contributed by atoms with Crippen molar-refractivity contribution >= 4 is 32.8 Å². The molecule has 0 aliphatic heterocycles. The molecule has 2 aromatic heterocycles. The van der Waals surface area contributed by atoms with Crippen molar-refractivity contribution in [2.45, 2.75) is 5.41 Å². The molecule has 0 radical (unpaired) electrons. The third-order valence-electron chi connectivity index (χ3n) is 11.7. The Hall–Kier alpha value is -7.10. The molecule has 2 heterocycles. The molecule has 0 bridgehead atoms. The van der Waals surface area contributed by atoms with Crippen molar-refractivity contribution in [2.24, 2.45) is 0 Å². The first-order valence-corrected chi connectivity index (χ1v) is 18.5. The minimum Gasteiger partial charge on any atom is -0.452 e. The Labute approximate surface area is 311 Å². The first kappa shape index (κ1) is 29.5. The summed E-state index contributed by atoms with van der Waals surface area (Å²) in [7, 11) is 0. The van der Waals surface area contributed by atoms with Gasteiger partial charge in [-0.3, -0.25) is 0 Å². The van der Waals surface area contributed by atoms with Crippen molar-refractivity contribution in [2.75, 3.05) is 0 Å². The van der Waals surface area contributed by atoms with E-state index in [9.17, 15) is 0 Å². The average Bonchev–Trinajstić information content (AvgIpc) is 3.73. The first-order valence-electron chi connectivity index (χ1n) is 18.5. The maximum atomic E-state index is 6.55. The number of nitrogens with zero attached hydrogens (tertiary/aromatic N) is 2. The van der Waals surface area contributed by atoms with Crippen LogP contribution in [0.2, 0.25) is 0 Å². The van der Waals surface area contributed by atoms with Gasteiger partial charge in [-0.05, 0) is 84.6 Å². The number of hydrogen-bond acceptors (Lipinski definition) is 3. The van der Waals surface area contributed by atoms with E-state index in [1.165, 1.54) is 55.6 Å². The summed E-state index contributed by atoms with van der Waals surface area (Å²) in [5, 5.41) is 3.27. The molecule has 0 N–H and O–H groups in total. The highest BCUT2D eigenvalue weighted by Crippen LogP contribution is 2.61. The summed E-state index contributed by atoms with van der Waals surface area (Å²) in [6.07, 6.45) is 0. The van der Waals surface area contributed by atoms with E-state index in [2.05, 4.69) is 164 Å². The Morgan fingerprint density at radius 2 is 0.907 bits per heavy atom. The number of hydrogen-bond donors (Lipinski definition) is 0. The van der Waals surface area contributed by atoms with Crippen LogP contribution in [0.25, 0.3) is 88.9 Å². The number of benzene rings is 8. The predicted molar refractivity (Wildman–Crippen MR) is 219 cm³/mol. The number of fused-ring (bicyclic) bond motifs is 16. The van der Waals surface area contributed by atoms with E-state index in [4.69, 9.17) is 14.4 Å². The third-order valence-corrected chi connectivity index (χ3v) is 11.7. The van der Waals surface area contributed by atoms with Crippen LogP contribution in [0.4, 0.5) is 0 Å². The molecule has 2 aliphatic rings. The van der Waals surface area contributed by atoms with E-state index in [0.29, 0.717) is 11.4 Å². The topological polar surface area (TPSA) is 38.9 Å². The molecule has 10 aromatic rings. The van der Waals surface area contributed by atoms with Crippen molar-refractivity contribution in [1.82, 2.24) is 9.97 Å². The zero-order valence-electron chi connectivity index (χ0n) is 29.1. The van der Waals surface area contributed by atoms with Gasteiger partial charge in [0.2, 0.25) is 0 Å². The van der Waals surface area contributed by atoms with Gasteiger partial charge in [-0.1, -0.05) is 164 Å². The van der Waals surface area contributed by atoms with Gasteiger partial charge in [0.15, 0.2) is 11.4 Å². The maximum Gasteiger partial charge on any atom is 0.180 e. The van der Waals surface area contributed by atoms with Crippen LogP contribution in [0.1, 0.15) is 22.3 Å². The van der Waals surface area contributed by atoms with Crippen molar-refractivity contribution < 1.29 is 4.42 Å². The fourth-order valence-electron chi connectivity index (χ4n) is 9.53. The maximum absolute atomic E-state index is 6.55. The minimum absolute atomic E-state index is 0.531. The molecule has 0 saturated heterocycles. The van der Waals surface area contributed by atoms with E-state index >= 15 is 0 Å². The molecule has 250 valence electrons. The predicted octanol–water partition coefficient (Wildman–Crippen LogP) is 12.9. The Kier molecular flexibility index (Phi) is 5.98. The van der Waals surface area contributed by atoms with E-state index in [1.807, 2.05) is 18.2 Å². The molecule has 2 aliphatic carbocycles. The molecule has 8 aromatic carbocycles. The molecule has 3 nitrogen and oxygen atoms in total. The van der Waals surface area contributed by atoms with Crippen LogP contribution in [0, 0.1) is 0 Å². The zero-order valence-corrected chi connectivity index (χ0v) is 29.1. The second kappa shape index (κ2) is 11.0. The van der Waals surface area contributed by atoms with Crippen molar-refractivity contribution in [3.05, 3.63) is 204 Å². The van der Waals surface area contributed by atoms with Gasteiger partial charge in [0.25, 0.3) is 0 Å². The highest BCUT2D eigenvalue weighted by Gasteiger charge is 2.49. The van der Waals surface area contributed by atoms with Crippen molar-refractivity contribution in [3.8, 4) is 56.0 Å². The summed E-state index contributed by atoms with van der Waals surface area (Å²) in [4.78, 5) is 10.7. The molecule has 0 fully saturated rings. The Morgan fingerprint density at radius 1 is 0.389 bits per heavy atom. The number of rotatable bonds is 2. The second-order valence-corrected chi connectivity index (χ2v) is 14.4. The SMILES string of the molecule is c1ccc2c(c1)-c1ccccc1C1(c3ccccc3-2)c2ccccc2-c2cc(-c3nc(-c4cccc5ccccc45)c4oc5ccccc5c4n3)ccc21. The molecule has 0 atom stereocenters. The summed E-state index contributed by atoms with van der Waals surface area (Å²) in [5.74, 6) is 0.673. The highest BCUT2D eigenvalue weighted by atomic mass is 16.3. The van der Waals surface area contributed by atoms with E-state index in [1.54, 1.807) is 0 Å². The second-order valence-electron chi connectivity index (χ2n) is 14.4. The third kappa shape index (κ3) is 3.85. The molecule has 12 rings (SSSR count). The quantitative estimate of drug-likeness (QED) is 0.182. The number of aromatic nitrogens is 2. The van der Waals surface area contributed by atoms with E-state index < -0.39 is 5.41 Å². The zero-order chi connectivity index (χ0) is 35.4. The Morgan fingerprint density at radius 3 is 1.61 bits per heavy atom. The molecular formula is C51H30N2O. The lowest BCUT2D eigenvalue weighted by molar-refractivity contribution is 0.667. The Balaban J connectivity index is 1.16. The molecule has 0 unspecified atom stereocenters. The van der Waals surface area contributed by atoms with Crippen molar-refractivity contribution in [3.63, 3.8) is 0 Å². The summed E-state index contributed by atoms with van der Waals surface area (Å²) < 4.78 is 6.55. The van der Waals surface area contributed by atoms with Crippen LogP contribution in [0.3, 0.4) is 0 Å². The van der Waals surface area contributed by atoms with E-state index in [0.717, 1.165) is 44.1 Å². The summed E-state index contributed by atoms with van der Waals surface area (Å²) in [6, 6.07) is 65.7.